The number of carbonyl (C=O) groups is 1. The van der Waals surface area contributed by atoms with Gasteiger partial charge in [0.25, 0.3) is 0 Å². The first-order valence-electron chi connectivity index (χ1n) is 15.0. The number of Topliss-reactive ketones (excluding diaryl/α,β-unsaturated/α-hetero) is 1. The molecule has 1 aromatic rings. The number of rotatable bonds is 6. The third-order valence-electron chi connectivity index (χ3n) is 11.8. The highest BCUT2D eigenvalue weighted by molar-refractivity contribution is 5.99. The summed E-state index contributed by atoms with van der Waals surface area (Å²) < 4.78 is 5.55. The molecule has 2 heteroatoms. The van der Waals surface area contributed by atoms with Crippen LogP contribution in [0, 0.1) is 52.3 Å². The average Bonchev–Trinajstić information content (AvgIpc) is 3.42. The Morgan fingerprint density at radius 2 is 1.80 bits per heavy atom. The summed E-state index contributed by atoms with van der Waals surface area (Å²) >= 11 is 0. The fraction of sp³-hybridized carbons (Fsp3) is 0.788. The molecule has 4 aliphatic rings. The lowest BCUT2D eigenvalue weighted by Crippen LogP contribution is -2.52. The highest BCUT2D eigenvalue weighted by Crippen LogP contribution is 2.68. The first-order chi connectivity index (χ1) is 16.7. The highest BCUT2D eigenvalue weighted by atomic mass is 16.3. The van der Waals surface area contributed by atoms with Crippen LogP contribution in [-0.4, -0.2) is 5.78 Å². The molecule has 0 radical (unpaired) electrons. The molecule has 4 fully saturated rings. The second-order valence-corrected chi connectivity index (χ2v) is 14.0. The Morgan fingerprint density at radius 3 is 2.54 bits per heavy atom. The Kier molecular flexibility index (Phi) is 7.14. The van der Waals surface area contributed by atoms with Crippen molar-refractivity contribution < 1.29 is 9.21 Å². The minimum atomic E-state index is 0.319. The van der Waals surface area contributed by atoms with Crippen molar-refractivity contribution in [2.75, 3.05) is 0 Å². The van der Waals surface area contributed by atoms with Gasteiger partial charge >= 0.3 is 0 Å². The molecule has 1 heterocycles. The second kappa shape index (κ2) is 9.86. The molecule has 0 N–H and O–H groups in total. The monoisotopic (exact) mass is 478 g/mol. The molecule has 0 spiro atoms. The lowest BCUT2D eigenvalue weighted by Gasteiger charge is -2.59. The Labute approximate surface area is 214 Å². The standard InChI is InChI=1S/C33H50O2/c1-22(2)8-6-9-23(3)28-13-14-29-27-12-11-25-21-31(34)24(20-26-10-7-19-35-26)15-17-32(25,4)30(27)16-18-33(28,29)5/h7,10,19-20,22-23,25,27-30H,6,8-9,11-18,21H2,1-5H3/b24-20+/t23-,25+,27+,28+,29-,30-,32+,33+/m1/s1. The molecule has 194 valence electrons. The molecule has 0 unspecified atom stereocenters. The summed E-state index contributed by atoms with van der Waals surface area (Å²) in [4.78, 5) is 13.3. The zero-order valence-electron chi connectivity index (χ0n) is 23.2. The highest BCUT2D eigenvalue weighted by Gasteiger charge is 2.60. The topological polar surface area (TPSA) is 30.2 Å². The predicted octanol–water partition coefficient (Wildman–Crippen LogP) is 9.35. The van der Waals surface area contributed by atoms with E-state index in [9.17, 15) is 4.79 Å². The van der Waals surface area contributed by atoms with Crippen molar-refractivity contribution in [1.82, 2.24) is 0 Å². The van der Waals surface area contributed by atoms with Gasteiger partial charge in [-0.15, -0.1) is 0 Å². The van der Waals surface area contributed by atoms with Crippen molar-refractivity contribution in [2.24, 2.45) is 52.3 Å². The van der Waals surface area contributed by atoms with Gasteiger partial charge in [0.15, 0.2) is 5.78 Å². The molecule has 0 bridgehead atoms. The van der Waals surface area contributed by atoms with Gasteiger partial charge in [0.05, 0.1) is 6.26 Å². The van der Waals surface area contributed by atoms with Crippen LogP contribution in [0.3, 0.4) is 0 Å². The summed E-state index contributed by atoms with van der Waals surface area (Å²) in [6, 6.07) is 3.89. The number of hydrogen-bond donors (Lipinski definition) is 0. The van der Waals surface area contributed by atoms with Gasteiger partial charge in [-0.1, -0.05) is 53.9 Å². The van der Waals surface area contributed by atoms with Crippen LogP contribution in [0.2, 0.25) is 0 Å². The number of carbonyl (C=O) groups excluding carboxylic acids is 1. The molecule has 0 aliphatic heterocycles. The first-order valence-corrected chi connectivity index (χ1v) is 15.0. The lowest BCUT2D eigenvalue weighted by atomic mass is 9.46. The van der Waals surface area contributed by atoms with Crippen LogP contribution in [0.25, 0.3) is 6.08 Å². The van der Waals surface area contributed by atoms with Crippen molar-refractivity contribution in [3.8, 4) is 0 Å². The van der Waals surface area contributed by atoms with E-state index in [1.807, 2.05) is 18.2 Å². The van der Waals surface area contributed by atoms with E-state index in [2.05, 4.69) is 34.6 Å². The maximum absolute atomic E-state index is 13.3. The molecule has 8 atom stereocenters. The maximum atomic E-state index is 13.3. The smallest absolute Gasteiger partial charge is 0.159 e. The van der Waals surface area contributed by atoms with Crippen LogP contribution >= 0.6 is 0 Å². The van der Waals surface area contributed by atoms with E-state index in [1.54, 1.807) is 6.26 Å². The molecule has 0 saturated heterocycles. The Bertz CT molecular complexity index is 910. The van der Waals surface area contributed by atoms with E-state index in [-0.39, 0.29) is 0 Å². The summed E-state index contributed by atoms with van der Waals surface area (Å²) in [7, 11) is 0. The number of hydrogen-bond acceptors (Lipinski definition) is 2. The van der Waals surface area contributed by atoms with Crippen molar-refractivity contribution in [2.45, 2.75) is 112 Å². The van der Waals surface area contributed by atoms with Gasteiger partial charge < -0.3 is 4.42 Å². The molecule has 1 aromatic heterocycles. The summed E-state index contributed by atoms with van der Waals surface area (Å²) in [5.74, 6) is 7.00. The SMILES string of the molecule is CC(C)CCC[C@@H](C)[C@@H]1CC[C@@H]2[C@@H]3CC[C@H]4CC(=O)/C(=C/c5ccco5)CC[C@]4(C)[C@@H]3CC[C@]21C. The van der Waals surface area contributed by atoms with E-state index < -0.39 is 0 Å². The molecule has 0 amide bonds. The van der Waals surface area contributed by atoms with Crippen LogP contribution in [-0.2, 0) is 4.79 Å². The van der Waals surface area contributed by atoms with E-state index in [4.69, 9.17) is 4.42 Å². The van der Waals surface area contributed by atoms with Crippen LogP contribution in [0.1, 0.15) is 117 Å². The Hall–Kier alpha value is -1.31. The van der Waals surface area contributed by atoms with Crippen molar-refractivity contribution >= 4 is 11.9 Å². The summed E-state index contributed by atoms with van der Waals surface area (Å²) in [6.45, 7) is 12.6. The third-order valence-corrected chi connectivity index (χ3v) is 11.8. The van der Waals surface area contributed by atoms with Crippen LogP contribution in [0.15, 0.2) is 28.4 Å². The quantitative estimate of drug-likeness (QED) is 0.381. The van der Waals surface area contributed by atoms with Crippen LogP contribution < -0.4 is 0 Å². The van der Waals surface area contributed by atoms with Gasteiger partial charge in [-0.05, 0) is 127 Å². The fourth-order valence-electron chi connectivity index (χ4n) is 9.88. The fourth-order valence-corrected chi connectivity index (χ4v) is 9.88. The van der Waals surface area contributed by atoms with E-state index in [0.717, 1.165) is 59.7 Å². The zero-order valence-corrected chi connectivity index (χ0v) is 23.2. The molecule has 2 nitrogen and oxygen atoms in total. The molecule has 5 rings (SSSR count). The van der Waals surface area contributed by atoms with Crippen LogP contribution in [0.4, 0.5) is 0 Å². The van der Waals surface area contributed by atoms with Gasteiger partial charge in [-0.3, -0.25) is 4.79 Å². The summed E-state index contributed by atoms with van der Waals surface area (Å²) in [6.07, 6.45) is 19.2. The van der Waals surface area contributed by atoms with Crippen molar-refractivity contribution in [3.05, 3.63) is 29.7 Å². The lowest BCUT2D eigenvalue weighted by molar-refractivity contribution is -0.123. The Morgan fingerprint density at radius 1 is 1.00 bits per heavy atom. The van der Waals surface area contributed by atoms with E-state index in [1.165, 1.54) is 64.2 Å². The summed E-state index contributed by atoms with van der Waals surface area (Å²) in [5.41, 5.74) is 1.87. The first kappa shape index (κ1) is 25.3. The molecule has 0 aromatic carbocycles. The van der Waals surface area contributed by atoms with E-state index in [0.29, 0.717) is 22.5 Å². The third kappa shape index (κ3) is 4.61. The normalized spacial score (nSPS) is 41.4. The molecule has 35 heavy (non-hydrogen) atoms. The number of fused-ring (bicyclic) bond motifs is 5. The number of ketones is 1. The molecular formula is C33H50O2. The average molecular weight is 479 g/mol. The van der Waals surface area contributed by atoms with Crippen molar-refractivity contribution in [3.63, 3.8) is 0 Å². The second-order valence-electron chi connectivity index (χ2n) is 14.0. The van der Waals surface area contributed by atoms with Crippen molar-refractivity contribution in [1.29, 1.82) is 0 Å². The maximum Gasteiger partial charge on any atom is 0.159 e. The van der Waals surface area contributed by atoms with Crippen LogP contribution in [0.5, 0.6) is 0 Å². The molecule has 4 saturated carbocycles. The van der Waals surface area contributed by atoms with Gasteiger partial charge in [0.2, 0.25) is 0 Å². The Balaban J connectivity index is 1.31. The van der Waals surface area contributed by atoms with Gasteiger partial charge in [0.1, 0.15) is 5.76 Å². The minimum Gasteiger partial charge on any atom is -0.465 e. The molecular weight excluding hydrogens is 428 g/mol. The number of allylic oxidation sites excluding steroid dienone is 1. The van der Waals surface area contributed by atoms with Gasteiger partial charge in [-0.2, -0.15) is 0 Å². The molecule has 4 aliphatic carbocycles. The number of furan rings is 1. The zero-order chi connectivity index (χ0) is 24.8. The van der Waals surface area contributed by atoms with Gasteiger partial charge in [-0.25, -0.2) is 0 Å². The largest absolute Gasteiger partial charge is 0.465 e. The predicted molar refractivity (Wildman–Crippen MR) is 145 cm³/mol. The van der Waals surface area contributed by atoms with Gasteiger partial charge in [0, 0.05) is 6.42 Å². The minimum absolute atomic E-state index is 0.319. The van der Waals surface area contributed by atoms with E-state index >= 15 is 0 Å². The summed E-state index contributed by atoms with van der Waals surface area (Å²) in [5, 5.41) is 0.